The largest absolute Gasteiger partial charge is 0.345 e. The summed E-state index contributed by atoms with van der Waals surface area (Å²) in [4.78, 5) is 11.7. The molecule has 0 radical (unpaired) electrons. The first-order valence-corrected chi connectivity index (χ1v) is 5.04. The van der Waals surface area contributed by atoms with Gasteiger partial charge in [0.2, 0.25) is 0 Å². The van der Waals surface area contributed by atoms with Gasteiger partial charge in [0.15, 0.2) is 10.3 Å². The Morgan fingerprint density at radius 1 is 1.71 bits per heavy atom. The zero-order valence-electron chi connectivity index (χ0n) is 7.62. The molecule has 0 saturated carbocycles. The molecule has 0 spiro atoms. The third-order valence-electron chi connectivity index (χ3n) is 2.12. The smallest absolute Gasteiger partial charge is 0.272 e. The van der Waals surface area contributed by atoms with E-state index in [0.717, 1.165) is 13.1 Å². The highest BCUT2D eigenvalue weighted by Gasteiger charge is 2.23. The van der Waals surface area contributed by atoms with Crippen LogP contribution in [0.1, 0.15) is 10.5 Å². The Morgan fingerprint density at radius 2 is 2.43 bits per heavy atom. The van der Waals surface area contributed by atoms with Crippen LogP contribution >= 0.6 is 15.9 Å². The van der Waals surface area contributed by atoms with Crippen LogP contribution in [0.4, 0.5) is 0 Å². The zero-order chi connectivity index (χ0) is 10.1. The molecule has 1 aliphatic rings. The van der Waals surface area contributed by atoms with Crippen LogP contribution in [0.5, 0.6) is 0 Å². The van der Waals surface area contributed by atoms with Crippen molar-refractivity contribution in [1.29, 1.82) is 0 Å². The Hall–Kier alpha value is -0.950. The van der Waals surface area contributed by atoms with Gasteiger partial charge in [-0.2, -0.15) is 0 Å². The van der Waals surface area contributed by atoms with Crippen molar-refractivity contribution in [3.8, 4) is 0 Å². The molecule has 76 valence electrons. The molecule has 2 rings (SSSR count). The van der Waals surface area contributed by atoms with Gasteiger partial charge in [-0.1, -0.05) is 5.21 Å². The average molecular weight is 260 g/mol. The number of carbonyl (C=O) groups is 1. The number of aryl methyl sites for hydroxylation is 1. The molecule has 1 fully saturated rings. The van der Waals surface area contributed by atoms with Crippen LogP contribution in [0.2, 0.25) is 0 Å². The van der Waals surface area contributed by atoms with Gasteiger partial charge < -0.3 is 10.6 Å². The van der Waals surface area contributed by atoms with Crippen molar-refractivity contribution < 1.29 is 4.79 Å². The number of aromatic nitrogens is 3. The highest BCUT2D eigenvalue weighted by Crippen LogP contribution is 2.11. The van der Waals surface area contributed by atoms with Gasteiger partial charge in [0.05, 0.1) is 6.04 Å². The van der Waals surface area contributed by atoms with Crippen LogP contribution < -0.4 is 10.6 Å². The summed E-state index contributed by atoms with van der Waals surface area (Å²) in [7, 11) is 1.69. The lowest BCUT2D eigenvalue weighted by molar-refractivity contribution is 0.0913. The fraction of sp³-hybridized carbons (Fsp3) is 0.571. The van der Waals surface area contributed by atoms with E-state index in [1.165, 1.54) is 4.68 Å². The number of halogens is 1. The monoisotopic (exact) mass is 259 g/mol. The van der Waals surface area contributed by atoms with Crippen molar-refractivity contribution >= 4 is 21.8 Å². The van der Waals surface area contributed by atoms with Crippen molar-refractivity contribution in [2.75, 3.05) is 13.1 Å². The molecule has 0 atom stereocenters. The number of rotatable bonds is 2. The minimum Gasteiger partial charge on any atom is -0.345 e. The molecule has 1 aliphatic heterocycles. The van der Waals surface area contributed by atoms with E-state index in [1.54, 1.807) is 7.05 Å². The lowest BCUT2D eigenvalue weighted by Gasteiger charge is -2.27. The summed E-state index contributed by atoms with van der Waals surface area (Å²) in [5, 5.41) is 13.4. The Bertz CT molecular complexity index is 339. The van der Waals surface area contributed by atoms with Crippen LogP contribution in [-0.2, 0) is 7.05 Å². The molecule has 0 aliphatic carbocycles. The summed E-state index contributed by atoms with van der Waals surface area (Å²) < 4.78 is 1.93. The minimum atomic E-state index is -0.143. The van der Waals surface area contributed by atoms with Gasteiger partial charge >= 0.3 is 0 Å². The fourth-order valence-electron chi connectivity index (χ4n) is 1.22. The Kier molecular flexibility index (Phi) is 2.51. The maximum absolute atomic E-state index is 11.7. The van der Waals surface area contributed by atoms with E-state index in [0.29, 0.717) is 10.3 Å². The Morgan fingerprint density at radius 3 is 2.86 bits per heavy atom. The maximum Gasteiger partial charge on any atom is 0.272 e. The average Bonchev–Trinajstić information content (AvgIpc) is 2.39. The summed E-state index contributed by atoms with van der Waals surface area (Å²) in [6, 6.07) is 0.226. The zero-order valence-corrected chi connectivity index (χ0v) is 9.21. The van der Waals surface area contributed by atoms with E-state index in [1.807, 2.05) is 0 Å². The first-order chi connectivity index (χ1) is 6.68. The Balaban J connectivity index is 2.09. The molecule has 1 amide bonds. The molecular weight excluding hydrogens is 250 g/mol. The molecule has 0 unspecified atom stereocenters. The Labute approximate surface area is 89.2 Å². The van der Waals surface area contributed by atoms with Crippen molar-refractivity contribution in [3.05, 3.63) is 10.3 Å². The van der Waals surface area contributed by atoms with Gasteiger partial charge in [-0.25, -0.2) is 4.68 Å². The fourth-order valence-corrected chi connectivity index (χ4v) is 1.72. The van der Waals surface area contributed by atoms with E-state index in [2.05, 4.69) is 36.9 Å². The second kappa shape index (κ2) is 3.66. The summed E-state index contributed by atoms with van der Waals surface area (Å²) in [6.07, 6.45) is 0. The van der Waals surface area contributed by atoms with Gasteiger partial charge in [0.1, 0.15) is 0 Å². The first kappa shape index (κ1) is 9.60. The first-order valence-electron chi connectivity index (χ1n) is 4.25. The highest BCUT2D eigenvalue weighted by molar-refractivity contribution is 9.10. The molecule has 6 nitrogen and oxygen atoms in total. The van der Waals surface area contributed by atoms with Crippen LogP contribution in [-0.4, -0.2) is 40.0 Å². The van der Waals surface area contributed by atoms with Gasteiger partial charge in [0, 0.05) is 20.1 Å². The quantitative estimate of drug-likeness (QED) is 0.736. The maximum atomic E-state index is 11.7. The highest BCUT2D eigenvalue weighted by atomic mass is 79.9. The molecule has 1 aromatic heterocycles. The van der Waals surface area contributed by atoms with Gasteiger partial charge in [-0.15, -0.1) is 5.10 Å². The van der Waals surface area contributed by atoms with Gasteiger partial charge in [0.25, 0.3) is 5.91 Å². The second-order valence-corrected chi connectivity index (χ2v) is 3.93. The van der Waals surface area contributed by atoms with Crippen molar-refractivity contribution in [1.82, 2.24) is 25.6 Å². The summed E-state index contributed by atoms with van der Waals surface area (Å²) >= 11 is 3.18. The molecular formula is C7H10BrN5O. The standard InChI is InChI=1S/C7H10BrN5O/c1-13-5(6(8)11-12-13)7(14)10-4-2-9-3-4/h4,9H,2-3H2,1H3,(H,10,14). The third kappa shape index (κ3) is 1.64. The molecule has 2 heterocycles. The van der Waals surface area contributed by atoms with E-state index in [9.17, 15) is 4.79 Å². The topological polar surface area (TPSA) is 71.8 Å². The van der Waals surface area contributed by atoms with E-state index < -0.39 is 0 Å². The lowest BCUT2D eigenvalue weighted by Crippen LogP contribution is -2.57. The van der Waals surface area contributed by atoms with Crippen molar-refractivity contribution in [2.24, 2.45) is 7.05 Å². The number of carbonyl (C=O) groups excluding carboxylic acids is 1. The van der Waals surface area contributed by atoms with Crippen LogP contribution in [0, 0.1) is 0 Å². The molecule has 2 N–H and O–H groups in total. The van der Waals surface area contributed by atoms with E-state index in [4.69, 9.17) is 0 Å². The molecule has 1 saturated heterocycles. The van der Waals surface area contributed by atoms with Crippen molar-refractivity contribution in [2.45, 2.75) is 6.04 Å². The number of hydrogen-bond acceptors (Lipinski definition) is 4. The summed E-state index contributed by atoms with van der Waals surface area (Å²) in [6.45, 7) is 1.66. The second-order valence-electron chi connectivity index (χ2n) is 3.18. The van der Waals surface area contributed by atoms with Gasteiger partial charge in [-0.05, 0) is 15.9 Å². The predicted molar refractivity (Wildman–Crippen MR) is 52.8 cm³/mol. The SMILES string of the molecule is Cn1nnc(Br)c1C(=O)NC1CNC1. The van der Waals surface area contributed by atoms with E-state index in [-0.39, 0.29) is 11.9 Å². The third-order valence-corrected chi connectivity index (χ3v) is 2.65. The van der Waals surface area contributed by atoms with Crippen molar-refractivity contribution in [3.63, 3.8) is 0 Å². The summed E-state index contributed by atoms with van der Waals surface area (Å²) in [5.74, 6) is -0.143. The normalized spacial score (nSPS) is 16.4. The number of nitrogens with zero attached hydrogens (tertiary/aromatic N) is 3. The van der Waals surface area contributed by atoms with E-state index >= 15 is 0 Å². The molecule has 14 heavy (non-hydrogen) atoms. The van der Waals surface area contributed by atoms with Gasteiger partial charge in [-0.3, -0.25) is 4.79 Å². The molecule has 1 aromatic rings. The molecule has 7 heteroatoms. The lowest BCUT2D eigenvalue weighted by atomic mass is 10.2. The van der Waals surface area contributed by atoms with Crippen LogP contribution in [0.15, 0.2) is 4.60 Å². The predicted octanol–water partition coefficient (Wildman–Crippen LogP) is -0.721. The number of amides is 1. The number of nitrogens with one attached hydrogen (secondary N) is 2. The van der Waals surface area contributed by atoms with Crippen LogP contribution in [0.3, 0.4) is 0 Å². The van der Waals surface area contributed by atoms with Crippen LogP contribution in [0.25, 0.3) is 0 Å². The minimum absolute atomic E-state index is 0.143. The molecule has 0 aromatic carbocycles. The number of hydrogen-bond donors (Lipinski definition) is 2. The molecule has 0 bridgehead atoms. The summed E-state index contributed by atoms with van der Waals surface area (Å²) in [5.41, 5.74) is 0.455.